The van der Waals surface area contributed by atoms with Crippen LogP contribution in [0.1, 0.15) is 0 Å². The second-order valence-corrected chi connectivity index (χ2v) is 5.80. The van der Waals surface area contributed by atoms with E-state index in [1.807, 2.05) is 65.2 Å². The molecule has 5 heteroatoms. The number of nitrogens with zero attached hydrogens (tertiary/aromatic N) is 2. The molecular formula is C20H15N3O2. The first kappa shape index (κ1) is 13.9. The fourth-order valence-corrected chi connectivity index (χ4v) is 3.02. The molecule has 1 N–H and O–H groups in total. The van der Waals surface area contributed by atoms with E-state index < -0.39 is 0 Å². The minimum Gasteiger partial charge on any atom is -0.454 e. The van der Waals surface area contributed by atoms with Gasteiger partial charge in [0.25, 0.3) is 0 Å². The van der Waals surface area contributed by atoms with Crippen molar-refractivity contribution in [3.05, 3.63) is 72.9 Å². The summed E-state index contributed by atoms with van der Waals surface area (Å²) < 4.78 is 12.9. The molecule has 1 aliphatic heterocycles. The van der Waals surface area contributed by atoms with Crippen LogP contribution in [0, 0.1) is 0 Å². The van der Waals surface area contributed by atoms with Crippen LogP contribution in [0.5, 0.6) is 11.5 Å². The number of aromatic nitrogens is 2. The lowest BCUT2D eigenvalue weighted by Gasteiger charge is -2.09. The summed E-state index contributed by atoms with van der Waals surface area (Å²) >= 11 is 0. The molecule has 0 amide bonds. The molecule has 122 valence electrons. The molecule has 2 aromatic heterocycles. The molecule has 0 saturated carbocycles. The highest BCUT2D eigenvalue weighted by atomic mass is 16.7. The zero-order chi connectivity index (χ0) is 16.6. The van der Waals surface area contributed by atoms with Crippen molar-refractivity contribution >= 4 is 17.2 Å². The Morgan fingerprint density at radius 1 is 0.880 bits per heavy atom. The third-order valence-corrected chi connectivity index (χ3v) is 4.21. The van der Waals surface area contributed by atoms with Crippen molar-refractivity contribution < 1.29 is 9.47 Å². The molecule has 3 heterocycles. The lowest BCUT2D eigenvalue weighted by Crippen LogP contribution is -1.97. The molecule has 5 nitrogen and oxygen atoms in total. The first-order chi connectivity index (χ1) is 12.4. The molecule has 4 aromatic rings. The van der Waals surface area contributed by atoms with Gasteiger partial charge in [0.1, 0.15) is 17.2 Å². The van der Waals surface area contributed by atoms with Gasteiger partial charge in [0.2, 0.25) is 6.79 Å². The Kier molecular flexibility index (Phi) is 3.10. The van der Waals surface area contributed by atoms with E-state index >= 15 is 0 Å². The minimum absolute atomic E-state index is 0.268. The summed E-state index contributed by atoms with van der Waals surface area (Å²) in [6.45, 7) is 0.268. The van der Waals surface area contributed by atoms with Crippen LogP contribution < -0.4 is 14.8 Å². The van der Waals surface area contributed by atoms with Crippen molar-refractivity contribution in [2.45, 2.75) is 0 Å². The maximum absolute atomic E-state index is 5.48. The molecule has 0 atom stereocenters. The number of ether oxygens (including phenoxy) is 2. The summed E-state index contributed by atoms with van der Waals surface area (Å²) in [5, 5.41) is 3.49. The monoisotopic (exact) mass is 329 g/mol. The molecule has 1 aliphatic rings. The molecule has 5 rings (SSSR count). The molecule has 0 spiro atoms. The molecule has 0 aliphatic carbocycles. The van der Waals surface area contributed by atoms with Crippen LogP contribution in [0.25, 0.3) is 16.9 Å². The van der Waals surface area contributed by atoms with Gasteiger partial charge in [0.05, 0.1) is 0 Å². The highest BCUT2D eigenvalue weighted by molar-refractivity contribution is 5.80. The number of nitrogens with one attached hydrogen (secondary N) is 1. The maximum atomic E-state index is 5.48. The molecule has 0 bridgehead atoms. The Morgan fingerprint density at radius 2 is 1.72 bits per heavy atom. The average Bonchev–Trinajstić information content (AvgIpc) is 3.27. The number of fused-ring (bicyclic) bond motifs is 2. The summed E-state index contributed by atoms with van der Waals surface area (Å²) in [6.07, 6.45) is 2.00. The molecule has 0 fully saturated rings. The highest BCUT2D eigenvalue weighted by Crippen LogP contribution is 2.37. The Balaban J connectivity index is 1.64. The predicted molar refractivity (Wildman–Crippen MR) is 96.5 cm³/mol. The van der Waals surface area contributed by atoms with Gasteiger partial charge in [0.15, 0.2) is 11.5 Å². The largest absolute Gasteiger partial charge is 0.454 e. The van der Waals surface area contributed by atoms with E-state index in [2.05, 4.69) is 17.4 Å². The number of benzene rings is 2. The van der Waals surface area contributed by atoms with E-state index in [1.165, 1.54) is 0 Å². The number of hydrogen-bond donors (Lipinski definition) is 1. The lowest BCUT2D eigenvalue weighted by molar-refractivity contribution is 0.174. The van der Waals surface area contributed by atoms with Gasteiger partial charge in [-0.15, -0.1) is 0 Å². The second kappa shape index (κ2) is 5.56. The third-order valence-electron chi connectivity index (χ3n) is 4.21. The normalized spacial score (nSPS) is 12.5. The number of hydrogen-bond acceptors (Lipinski definition) is 4. The SMILES string of the molecule is c1ccc(-c2nc3ccccn3c2Nc2ccc3c(c2)OCO3)cc1. The Morgan fingerprint density at radius 3 is 2.64 bits per heavy atom. The van der Waals surface area contributed by atoms with Crippen molar-refractivity contribution in [3.63, 3.8) is 0 Å². The van der Waals surface area contributed by atoms with E-state index in [-0.39, 0.29) is 6.79 Å². The first-order valence-electron chi connectivity index (χ1n) is 8.08. The molecule has 0 saturated heterocycles. The zero-order valence-corrected chi connectivity index (χ0v) is 13.3. The Bertz CT molecular complexity index is 1060. The number of pyridine rings is 1. The van der Waals surface area contributed by atoms with E-state index in [1.54, 1.807) is 0 Å². The summed E-state index contributed by atoms with van der Waals surface area (Å²) in [5.74, 6) is 2.44. The van der Waals surface area contributed by atoms with Crippen LogP contribution in [0.4, 0.5) is 11.5 Å². The summed E-state index contributed by atoms with van der Waals surface area (Å²) in [7, 11) is 0. The topological polar surface area (TPSA) is 47.8 Å². The van der Waals surface area contributed by atoms with Gasteiger partial charge in [-0.3, -0.25) is 4.40 Å². The molecule has 0 unspecified atom stereocenters. The van der Waals surface area contributed by atoms with Crippen molar-refractivity contribution in [2.75, 3.05) is 12.1 Å². The van der Waals surface area contributed by atoms with Gasteiger partial charge in [-0.2, -0.15) is 0 Å². The minimum atomic E-state index is 0.268. The quantitative estimate of drug-likeness (QED) is 0.602. The third kappa shape index (κ3) is 2.37. The van der Waals surface area contributed by atoms with Crippen molar-refractivity contribution in [2.24, 2.45) is 0 Å². The lowest BCUT2D eigenvalue weighted by atomic mass is 10.1. The number of imidazole rings is 1. The van der Waals surface area contributed by atoms with Crippen LogP contribution in [0.2, 0.25) is 0 Å². The Hall–Kier alpha value is -3.47. The molecule has 0 radical (unpaired) electrons. The van der Waals surface area contributed by atoms with E-state index in [4.69, 9.17) is 14.5 Å². The van der Waals surface area contributed by atoms with Gasteiger partial charge >= 0.3 is 0 Å². The van der Waals surface area contributed by atoms with Gasteiger partial charge < -0.3 is 14.8 Å². The summed E-state index contributed by atoms with van der Waals surface area (Å²) in [4.78, 5) is 4.80. The predicted octanol–water partition coefficient (Wildman–Crippen LogP) is 4.47. The van der Waals surface area contributed by atoms with Crippen molar-refractivity contribution in [1.82, 2.24) is 9.38 Å². The van der Waals surface area contributed by atoms with Gasteiger partial charge in [-0.05, 0) is 24.3 Å². The zero-order valence-electron chi connectivity index (χ0n) is 13.3. The van der Waals surface area contributed by atoms with Crippen LogP contribution in [0.3, 0.4) is 0 Å². The first-order valence-corrected chi connectivity index (χ1v) is 8.08. The fraction of sp³-hybridized carbons (Fsp3) is 0.0500. The number of rotatable bonds is 3. The smallest absolute Gasteiger partial charge is 0.231 e. The van der Waals surface area contributed by atoms with E-state index in [0.29, 0.717) is 0 Å². The van der Waals surface area contributed by atoms with E-state index in [9.17, 15) is 0 Å². The van der Waals surface area contributed by atoms with Crippen molar-refractivity contribution in [1.29, 1.82) is 0 Å². The maximum Gasteiger partial charge on any atom is 0.231 e. The van der Waals surface area contributed by atoms with Crippen molar-refractivity contribution in [3.8, 4) is 22.8 Å². The van der Waals surface area contributed by atoms with Gasteiger partial charge in [0, 0.05) is 23.5 Å². The van der Waals surface area contributed by atoms with Gasteiger partial charge in [-0.1, -0.05) is 36.4 Å². The highest BCUT2D eigenvalue weighted by Gasteiger charge is 2.17. The second-order valence-electron chi connectivity index (χ2n) is 5.80. The molecule has 2 aromatic carbocycles. The van der Waals surface area contributed by atoms with Crippen LogP contribution in [-0.2, 0) is 0 Å². The van der Waals surface area contributed by atoms with E-state index in [0.717, 1.165) is 39.9 Å². The fourth-order valence-electron chi connectivity index (χ4n) is 3.02. The van der Waals surface area contributed by atoms with Crippen LogP contribution in [-0.4, -0.2) is 16.2 Å². The average molecular weight is 329 g/mol. The summed E-state index contributed by atoms with van der Waals surface area (Å²) in [5.41, 5.74) is 3.79. The molecular weight excluding hydrogens is 314 g/mol. The van der Waals surface area contributed by atoms with Crippen LogP contribution in [0.15, 0.2) is 72.9 Å². The van der Waals surface area contributed by atoms with Crippen LogP contribution >= 0.6 is 0 Å². The Labute approximate surface area is 144 Å². The standard InChI is InChI=1S/C20H15N3O2/c1-2-6-14(7-3-1)19-20(23-11-5-4-8-18(23)22-19)21-15-9-10-16-17(12-15)25-13-24-16/h1-12,21H,13H2. The number of anilines is 2. The van der Waals surface area contributed by atoms with Gasteiger partial charge in [-0.25, -0.2) is 4.98 Å². The molecule has 25 heavy (non-hydrogen) atoms. The summed E-state index contributed by atoms with van der Waals surface area (Å²) in [6, 6.07) is 22.0.